The highest BCUT2D eigenvalue weighted by molar-refractivity contribution is 5.93. The zero-order valence-corrected chi connectivity index (χ0v) is 13.0. The molecular formula is C18H18N4O. The topological polar surface area (TPSA) is 106 Å². The molecule has 0 bridgehead atoms. The van der Waals surface area contributed by atoms with Crippen LogP contribution in [-0.2, 0) is 6.42 Å². The van der Waals surface area contributed by atoms with E-state index in [1.165, 1.54) is 0 Å². The van der Waals surface area contributed by atoms with Gasteiger partial charge in [-0.2, -0.15) is 5.26 Å². The fraction of sp³-hybridized carbons (Fsp3) is 0.278. The molecule has 5 nitrogen and oxygen atoms in total. The third-order valence-electron chi connectivity index (χ3n) is 4.46. The lowest BCUT2D eigenvalue weighted by Gasteiger charge is -2.25. The van der Waals surface area contributed by atoms with Gasteiger partial charge in [0.2, 0.25) is 5.91 Å². The molecule has 5 heteroatoms. The van der Waals surface area contributed by atoms with E-state index in [0.29, 0.717) is 17.0 Å². The number of hydrogen-bond acceptors (Lipinski definition) is 4. The highest BCUT2D eigenvalue weighted by atomic mass is 16.1. The molecule has 1 amide bonds. The number of pyridine rings is 1. The second-order valence-electron chi connectivity index (χ2n) is 5.96. The molecule has 0 saturated heterocycles. The molecule has 1 aromatic carbocycles. The first-order chi connectivity index (χ1) is 11.0. The minimum Gasteiger partial charge on any atom is -0.383 e. The standard InChI is InChI=1S/C18H18N4O/c1-10-3-2-4-13-15(14(9-19)17(20)22-16(10)13)11-5-7-12(8-6-11)18(21)23/h5-8,10H,2-4H2,1H3,(H2,20,22)(H2,21,23)/t10-/m0/s1. The zero-order chi connectivity index (χ0) is 16.6. The number of fused-ring (bicyclic) bond motifs is 1. The fourth-order valence-corrected chi connectivity index (χ4v) is 3.28. The van der Waals surface area contributed by atoms with E-state index in [0.717, 1.165) is 41.6 Å². The SMILES string of the molecule is C[C@H]1CCCc2c1nc(N)c(C#N)c2-c1ccc(C(N)=O)cc1. The zero-order valence-electron chi connectivity index (χ0n) is 13.0. The van der Waals surface area contributed by atoms with Crippen molar-refractivity contribution in [3.63, 3.8) is 0 Å². The van der Waals surface area contributed by atoms with Crippen molar-refractivity contribution in [1.82, 2.24) is 4.98 Å². The molecule has 1 heterocycles. The number of hydrogen-bond donors (Lipinski definition) is 2. The van der Waals surface area contributed by atoms with Crippen LogP contribution < -0.4 is 11.5 Å². The van der Waals surface area contributed by atoms with Gasteiger partial charge in [-0.1, -0.05) is 19.1 Å². The number of rotatable bonds is 2. The summed E-state index contributed by atoms with van der Waals surface area (Å²) in [5.41, 5.74) is 16.0. The van der Waals surface area contributed by atoms with Crippen molar-refractivity contribution in [2.75, 3.05) is 5.73 Å². The van der Waals surface area contributed by atoms with Gasteiger partial charge < -0.3 is 11.5 Å². The Balaban J connectivity index is 2.25. The van der Waals surface area contributed by atoms with Gasteiger partial charge in [0.15, 0.2) is 0 Å². The molecule has 0 spiro atoms. The first-order valence-corrected chi connectivity index (χ1v) is 7.65. The van der Waals surface area contributed by atoms with Crippen molar-refractivity contribution in [2.45, 2.75) is 32.1 Å². The average Bonchev–Trinajstić information content (AvgIpc) is 2.54. The molecule has 0 saturated carbocycles. The molecule has 4 N–H and O–H groups in total. The maximum atomic E-state index is 11.2. The quantitative estimate of drug-likeness (QED) is 0.889. The van der Waals surface area contributed by atoms with Gasteiger partial charge in [0, 0.05) is 16.8 Å². The van der Waals surface area contributed by atoms with Gasteiger partial charge in [0.25, 0.3) is 0 Å². The largest absolute Gasteiger partial charge is 0.383 e. The van der Waals surface area contributed by atoms with Crippen LogP contribution in [0.4, 0.5) is 5.82 Å². The predicted molar refractivity (Wildman–Crippen MR) is 88.7 cm³/mol. The lowest BCUT2D eigenvalue weighted by molar-refractivity contribution is 0.100. The Labute approximate surface area is 134 Å². The number of amides is 1. The smallest absolute Gasteiger partial charge is 0.248 e. The predicted octanol–water partition coefficient (Wildman–Crippen LogP) is 2.74. The number of nitrogen functional groups attached to an aromatic ring is 1. The number of carbonyl (C=O) groups is 1. The Morgan fingerprint density at radius 1 is 1.35 bits per heavy atom. The number of nitriles is 1. The van der Waals surface area contributed by atoms with Gasteiger partial charge in [0.1, 0.15) is 17.5 Å². The lowest BCUT2D eigenvalue weighted by atomic mass is 9.82. The van der Waals surface area contributed by atoms with E-state index in [4.69, 9.17) is 11.5 Å². The Hall–Kier alpha value is -2.87. The molecule has 1 aliphatic rings. The van der Waals surface area contributed by atoms with Crippen molar-refractivity contribution in [1.29, 1.82) is 5.26 Å². The van der Waals surface area contributed by atoms with E-state index in [9.17, 15) is 10.1 Å². The van der Waals surface area contributed by atoms with Crippen LogP contribution in [0.2, 0.25) is 0 Å². The van der Waals surface area contributed by atoms with Crippen LogP contribution in [0.5, 0.6) is 0 Å². The summed E-state index contributed by atoms with van der Waals surface area (Å²) >= 11 is 0. The molecule has 2 aromatic rings. The maximum Gasteiger partial charge on any atom is 0.248 e. The van der Waals surface area contributed by atoms with E-state index < -0.39 is 5.91 Å². The molecule has 1 aliphatic carbocycles. The normalized spacial score (nSPS) is 16.4. The van der Waals surface area contributed by atoms with E-state index >= 15 is 0 Å². The molecular weight excluding hydrogens is 288 g/mol. The van der Waals surface area contributed by atoms with E-state index in [-0.39, 0.29) is 5.82 Å². The minimum atomic E-state index is -0.470. The molecule has 3 rings (SSSR count). The second-order valence-corrected chi connectivity index (χ2v) is 5.96. The third kappa shape index (κ3) is 2.53. The van der Waals surface area contributed by atoms with Crippen molar-refractivity contribution >= 4 is 11.7 Å². The maximum absolute atomic E-state index is 11.2. The number of benzene rings is 1. The van der Waals surface area contributed by atoms with Gasteiger partial charge in [0.05, 0.1) is 0 Å². The van der Waals surface area contributed by atoms with Gasteiger partial charge in [-0.3, -0.25) is 4.79 Å². The summed E-state index contributed by atoms with van der Waals surface area (Å²) in [4.78, 5) is 15.7. The number of aromatic nitrogens is 1. The summed E-state index contributed by atoms with van der Waals surface area (Å²) < 4.78 is 0. The summed E-state index contributed by atoms with van der Waals surface area (Å²) in [5, 5.41) is 9.53. The highest BCUT2D eigenvalue weighted by Gasteiger charge is 2.25. The average molecular weight is 306 g/mol. The molecule has 0 aliphatic heterocycles. The number of carbonyl (C=O) groups excluding carboxylic acids is 1. The molecule has 116 valence electrons. The van der Waals surface area contributed by atoms with Crippen LogP contribution in [0.25, 0.3) is 11.1 Å². The molecule has 0 fully saturated rings. The molecule has 1 aromatic heterocycles. The van der Waals surface area contributed by atoms with Crippen LogP contribution in [-0.4, -0.2) is 10.9 Å². The van der Waals surface area contributed by atoms with Crippen molar-refractivity contribution in [3.8, 4) is 17.2 Å². The monoisotopic (exact) mass is 306 g/mol. The van der Waals surface area contributed by atoms with Crippen LogP contribution in [0.3, 0.4) is 0 Å². The fourth-order valence-electron chi connectivity index (χ4n) is 3.28. The molecule has 0 unspecified atom stereocenters. The van der Waals surface area contributed by atoms with Crippen LogP contribution in [0.1, 0.15) is 52.9 Å². The molecule has 1 atom stereocenters. The Kier molecular flexibility index (Phi) is 3.75. The third-order valence-corrected chi connectivity index (χ3v) is 4.46. The van der Waals surface area contributed by atoms with Gasteiger partial charge in [-0.15, -0.1) is 0 Å². The summed E-state index contributed by atoms with van der Waals surface area (Å²) in [5.74, 6) is 0.133. The van der Waals surface area contributed by atoms with Crippen molar-refractivity contribution < 1.29 is 4.79 Å². The second kappa shape index (κ2) is 5.73. The van der Waals surface area contributed by atoms with Crippen LogP contribution >= 0.6 is 0 Å². The van der Waals surface area contributed by atoms with Crippen molar-refractivity contribution in [3.05, 3.63) is 46.6 Å². The Morgan fingerprint density at radius 2 is 2.04 bits per heavy atom. The first kappa shape index (κ1) is 15.0. The lowest BCUT2D eigenvalue weighted by Crippen LogP contribution is -2.14. The summed E-state index contributed by atoms with van der Waals surface area (Å²) in [6.45, 7) is 2.14. The highest BCUT2D eigenvalue weighted by Crippen LogP contribution is 2.39. The number of primary amides is 1. The van der Waals surface area contributed by atoms with Gasteiger partial charge >= 0.3 is 0 Å². The first-order valence-electron chi connectivity index (χ1n) is 7.65. The van der Waals surface area contributed by atoms with E-state index in [1.54, 1.807) is 12.1 Å². The number of nitrogens with two attached hydrogens (primary N) is 2. The summed E-state index contributed by atoms with van der Waals surface area (Å²) in [6.07, 6.45) is 3.02. The summed E-state index contributed by atoms with van der Waals surface area (Å²) in [7, 11) is 0. The summed E-state index contributed by atoms with van der Waals surface area (Å²) in [6, 6.07) is 9.16. The van der Waals surface area contributed by atoms with Crippen LogP contribution in [0.15, 0.2) is 24.3 Å². The van der Waals surface area contributed by atoms with Crippen molar-refractivity contribution in [2.24, 2.45) is 5.73 Å². The van der Waals surface area contributed by atoms with Crippen LogP contribution in [0, 0.1) is 11.3 Å². The Morgan fingerprint density at radius 3 is 2.65 bits per heavy atom. The van der Waals surface area contributed by atoms with E-state index in [1.807, 2.05) is 12.1 Å². The van der Waals surface area contributed by atoms with Gasteiger partial charge in [-0.05, 0) is 48.4 Å². The Bertz CT molecular complexity index is 818. The number of nitrogens with zero attached hydrogens (tertiary/aromatic N) is 2. The molecule has 0 radical (unpaired) electrons. The van der Waals surface area contributed by atoms with E-state index in [2.05, 4.69) is 18.0 Å². The molecule has 23 heavy (non-hydrogen) atoms. The number of anilines is 1. The minimum absolute atomic E-state index is 0.272. The van der Waals surface area contributed by atoms with Gasteiger partial charge in [-0.25, -0.2) is 4.98 Å².